The molecule has 0 aliphatic carbocycles. The van der Waals surface area contributed by atoms with Crippen LogP contribution >= 0.6 is 0 Å². The number of carbonyl (C=O) groups excluding carboxylic acids is 1. The molecule has 1 aromatic carbocycles. The van der Waals surface area contributed by atoms with Gasteiger partial charge in [-0.3, -0.25) is 9.69 Å². The van der Waals surface area contributed by atoms with Crippen LogP contribution in [-0.4, -0.2) is 37.0 Å². The molecule has 2 N–H and O–H groups in total. The summed E-state index contributed by atoms with van der Waals surface area (Å²) in [4.78, 5) is 14.8. The van der Waals surface area contributed by atoms with Gasteiger partial charge in [-0.2, -0.15) is 0 Å². The minimum Gasteiger partial charge on any atom is -0.326 e. The number of rotatable bonds is 4. The lowest BCUT2D eigenvalue weighted by atomic mass is 9.97. The van der Waals surface area contributed by atoms with E-state index in [-0.39, 0.29) is 11.8 Å². The molecule has 2 aliphatic rings. The second-order valence-electron chi connectivity index (χ2n) is 6.55. The van der Waals surface area contributed by atoms with Gasteiger partial charge in [0.2, 0.25) is 5.91 Å². The summed E-state index contributed by atoms with van der Waals surface area (Å²) in [6.45, 7) is 5.30. The maximum atomic E-state index is 12.3. The predicted molar refractivity (Wildman–Crippen MR) is 89.8 cm³/mol. The van der Waals surface area contributed by atoms with Crippen molar-refractivity contribution in [2.75, 3.05) is 31.5 Å². The number of likely N-dealkylation sites (tertiary alicyclic amines) is 1. The SMILES string of the molecule is O=C(Nc1cccc(CN2CCCCC2)c1)C1CCNCC1. The maximum absolute atomic E-state index is 12.3. The molecule has 1 aromatic rings. The summed E-state index contributed by atoms with van der Waals surface area (Å²) >= 11 is 0. The molecule has 1 amide bonds. The molecule has 2 saturated heterocycles. The molecule has 3 rings (SSSR count). The lowest BCUT2D eigenvalue weighted by Crippen LogP contribution is -2.34. The number of piperidine rings is 2. The van der Waals surface area contributed by atoms with E-state index in [0.717, 1.165) is 38.2 Å². The van der Waals surface area contributed by atoms with Gasteiger partial charge in [-0.1, -0.05) is 18.6 Å². The van der Waals surface area contributed by atoms with Crippen LogP contribution in [0.25, 0.3) is 0 Å². The fraction of sp³-hybridized carbons (Fsp3) is 0.611. The van der Waals surface area contributed by atoms with Crippen LogP contribution in [0.15, 0.2) is 24.3 Å². The largest absolute Gasteiger partial charge is 0.326 e. The van der Waals surface area contributed by atoms with Crippen LogP contribution in [0.2, 0.25) is 0 Å². The topological polar surface area (TPSA) is 44.4 Å². The molecule has 0 aromatic heterocycles. The van der Waals surface area contributed by atoms with Crippen molar-refractivity contribution in [3.8, 4) is 0 Å². The van der Waals surface area contributed by atoms with Crippen molar-refractivity contribution >= 4 is 11.6 Å². The van der Waals surface area contributed by atoms with Gasteiger partial charge in [0, 0.05) is 18.2 Å². The molecule has 0 unspecified atom stereocenters. The first kappa shape index (κ1) is 15.5. The van der Waals surface area contributed by atoms with E-state index >= 15 is 0 Å². The standard InChI is InChI=1S/C18H27N3O/c22-18(16-7-9-19-10-8-16)20-17-6-4-5-15(13-17)14-21-11-2-1-3-12-21/h4-6,13,16,19H,1-3,7-12,14H2,(H,20,22). The molecule has 0 bridgehead atoms. The van der Waals surface area contributed by atoms with Gasteiger partial charge in [0.25, 0.3) is 0 Å². The molecule has 0 saturated carbocycles. The minimum atomic E-state index is 0.159. The van der Waals surface area contributed by atoms with Crippen LogP contribution in [0, 0.1) is 5.92 Å². The summed E-state index contributed by atoms with van der Waals surface area (Å²) in [6.07, 6.45) is 5.87. The summed E-state index contributed by atoms with van der Waals surface area (Å²) < 4.78 is 0. The van der Waals surface area contributed by atoms with Crippen molar-refractivity contribution in [3.05, 3.63) is 29.8 Å². The van der Waals surface area contributed by atoms with Crippen LogP contribution < -0.4 is 10.6 Å². The Bertz CT molecular complexity index is 491. The molecule has 0 atom stereocenters. The van der Waals surface area contributed by atoms with Gasteiger partial charge in [0.1, 0.15) is 0 Å². The molecule has 2 heterocycles. The van der Waals surface area contributed by atoms with Crippen LogP contribution in [0.3, 0.4) is 0 Å². The molecule has 0 radical (unpaired) electrons. The van der Waals surface area contributed by atoms with E-state index in [2.05, 4.69) is 33.7 Å². The Morgan fingerprint density at radius 2 is 1.95 bits per heavy atom. The van der Waals surface area contributed by atoms with Crippen LogP contribution in [-0.2, 0) is 11.3 Å². The van der Waals surface area contributed by atoms with Crippen molar-refractivity contribution < 1.29 is 4.79 Å². The lowest BCUT2D eigenvalue weighted by Gasteiger charge is -2.26. The first-order chi connectivity index (χ1) is 10.8. The van der Waals surface area contributed by atoms with Gasteiger partial charge in [-0.25, -0.2) is 0 Å². The molecule has 22 heavy (non-hydrogen) atoms. The van der Waals surface area contributed by atoms with E-state index in [0.29, 0.717) is 0 Å². The van der Waals surface area contributed by atoms with Crippen molar-refractivity contribution in [1.29, 1.82) is 0 Å². The Labute approximate surface area is 133 Å². The Hall–Kier alpha value is -1.39. The zero-order valence-electron chi connectivity index (χ0n) is 13.3. The minimum absolute atomic E-state index is 0.159. The van der Waals surface area contributed by atoms with Gasteiger partial charge >= 0.3 is 0 Å². The first-order valence-electron chi connectivity index (χ1n) is 8.64. The summed E-state index contributed by atoms with van der Waals surface area (Å²) in [6, 6.07) is 8.35. The Morgan fingerprint density at radius 1 is 1.18 bits per heavy atom. The number of amides is 1. The summed E-state index contributed by atoms with van der Waals surface area (Å²) in [5, 5.41) is 6.41. The molecule has 4 heteroatoms. The van der Waals surface area contributed by atoms with E-state index in [9.17, 15) is 4.79 Å². The number of hydrogen-bond donors (Lipinski definition) is 2. The third-order valence-electron chi connectivity index (χ3n) is 4.76. The van der Waals surface area contributed by atoms with E-state index in [1.807, 2.05) is 6.07 Å². The predicted octanol–water partition coefficient (Wildman–Crippen LogP) is 2.61. The van der Waals surface area contributed by atoms with Gasteiger partial charge in [0.15, 0.2) is 0 Å². The molecule has 0 spiro atoms. The summed E-state index contributed by atoms with van der Waals surface area (Å²) in [5.41, 5.74) is 2.24. The molecular weight excluding hydrogens is 274 g/mol. The zero-order chi connectivity index (χ0) is 15.2. The first-order valence-corrected chi connectivity index (χ1v) is 8.64. The summed E-state index contributed by atoms with van der Waals surface area (Å²) in [5.74, 6) is 0.337. The molecule has 120 valence electrons. The van der Waals surface area contributed by atoms with E-state index in [1.54, 1.807) is 0 Å². The van der Waals surface area contributed by atoms with Crippen molar-refractivity contribution in [2.45, 2.75) is 38.6 Å². The summed E-state index contributed by atoms with van der Waals surface area (Å²) in [7, 11) is 0. The zero-order valence-corrected chi connectivity index (χ0v) is 13.3. The number of benzene rings is 1. The van der Waals surface area contributed by atoms with Crippen LogP contribution in [0.1, 0.15) is 37.7 Å². The number of carbonyl (C=O) groups is 1. The van der Waals surface area contributed by atoms with Crippen LogP contribution in [0.5, 0.6) is 0 Å². The number of nitrogens with one attached hydrogen (secondary N) is 2. The van der Waals surface area contributed by atoms with E-state index < -0.39 is 0 Å². The highest BCUT2D eigenvalue weighted by Crippen LogP contribution is 2.18. The van der Waals surface area contributed by atoms with Gasteiger partial charge < -0.3 is 10.6 Å². The van der Waals surface area contributed by atoms with Crippen molar-refractivity contribution in [3.63, 3.8) is 0 Å². The quantitative estimate of drug-likeness (QED) is 0.898. The number of nitrogens with zero attached hydrogens (tertiary/aromatic N) is 1. The average Bonchev–Trinajstić information content (AvgIpc) is 2.57. The highest BCUT2D eigenvalue weighted by atomic mass is 16.1. The monoisotopic (exact) mass is 301 g/mol. The highest BCUT2D eigenvalue weighted by Gasteiger charge is 2.20. The maximum Gasteiger partial charge on any atom is 0.227 e. The Morgan fingerprint density at radius 3 is 2.73 bits per heavy atom. The molecule has 2 fully saturated rings. The van der Waals surface area contributed by atoms with Gasteiger partial charge in [-0.15, -0.1) is 0 Å². The smallest absolute Gasteiger partial charge is 0.227 e. The highest BCUT2D eigenvalue weighted by molar-refractivity contribution is 5.92. The molecular formula is C18H27N3O. The van der Waals surface area contributed by atoms with Crippen molar-refractivity contribution in [1.82, 2.24) is 10.2 Å². The Kier molecular flexibility index (Phi) is 5.46. The lowest BCUT2D eigenvalue weighted by molar-refractivity contribution is -0.120. The second-order valence-corrected chi connectivity index (χ2v) is 6.55. The van der Waals surface area contributed by atoms with Crippen molar-refractivity contribution in [2.24, 2.45) is 5.92 Å². The third kappa shape index (κ3) is 4.31. The Balaban J connectivity index is 1.57. The average molecular weight is 301 g/mol. The van der Waals surface area contributed by atoms with Gasteiger partial charge in [0.05, 0.1) is 0 Å². The third-order valence-corrected chi connectivity index (χ3v) is 4.76. The van der Waals surface area contributed by atoms with E-state index in [1.165, 1.54) is 37.9 Å². The fourth-order valence-electron chi connectivity index (χ4n) is 3.45. The molecule has 2 aliphatic heterocycles. The van der Waals surface area contributed by atoms with E-state index in [4.69, 9.17) is 0 Å². The number of hydrogen-bond acceptors (Lipinski definition) is 3. The molecule has 4 nitrogen and oxygen atoms in total. The normalized spacial score (nSPS) is 20.7. The second kappa shape index (κ2) is 7.75. The fourth-order valence-corrected chi connectivity index (χ4v) is 3.45. The van der Waals surface area contributed by atoms with Gasteiger partial charge in [-0.05, 0) is 69.6 Å². The number of anilines is 1. The van der Waals surface area contributed by atoms with Crippen LogP contribution in [0.4, 0.5) is 5.69 Å².